The maximum atomic E-state index is 13.3. The molecule has 14 nitrogen and oxygen atoms in total. The van der Waals surface area contributed by atoms with Crippen molar-refractivity contribution < 1.29 is 33.9 Å². The van der Waals surface area contributed by atoms with Gasteiger partial charge in [-0.25, -0.2) is 0 Å². The van der Waals surface area contributed by atoms with E-state index in [1.807, 2.05) is 59.5 Å². The minimum atomic E-state index is -0.930. The summed E-state index contributed by atoms with van der Waals surface area (Å²) in [6, 6.07) is 43.1. The third-order valence-corrected chi connectivity index (χ3v) is 17.6. The third-order valence-electron chi connectivity index (χ3n) is 17.3. The predicted molar refractivity (Wildman–Crippen MR) is 322 cm³/mol. The fourth-order valence-electron chi connectivity index (χ4n) is 13.1. The molecule has 6 aromatic carbocycles. The first-order valence-corrected chi connectivity index (χ1v) is 29.8. The maximum Gasteiger partial charge on any atom is 0.303 e. The molecule has 9 aliphatic rings. The van der Waals surface area contributed by atoms with Crippen molar-refractivity contribution in [1.29, 1.82) is 0 Å². The van der Waals surface area contributed by atoms with Crippen molar-refractivity contribution in [3.8, 4) is 0 Å². The second-order valence-corrected chi connectivity index (χ2v) is 22.9. The largest absolute Gasteiger partial charge is 0.481 e. The Bertz CT molecular complexity index is 3350. The number of rotatable bonds is 6. The summed E-state index contributed by atoms with van der Waals surface area (Å²) in [4.78, 5) is 83.2. The number of nitrogens with zero attached hydrogens (tertiary/aromatic N) is 6. The van der Waals surface area contributed by atoms with Gasteiger partial charge in [-0.15, -0.1) is 0 Å². The van der Waals surface area contributed by atoms with Gasteiger partial charge in [-0.1, -0.05) is 109 Å². The molecular formula is C67H72ClN7O7. The number of aliphatic carboxylic acids is 1. The van der Waals surface area contributed by atoms with Crippen LogP contribution in [0.4, 0.5) is 28.4 Å². The number of nitrogens with one attached hydrogen (secondary N) is 1. The second kappa shape index (κ2) is 25.6. The van der Waals surface area contributed by atoms with E-state index in [4.69, 9.17) is 16.7 Å². The van der Waals surface area contributed by atoms with Crippen molar-refractivity contribution >= 4 is 75.4 Å². The summed E-state index contributed by atoms with van der Waals surface area (Å²) < 4.78 is 0. The minimum absolute atomic E-state index is 0.0241. The van der Waals surface area contributed by atoms with Crippen LogP contribution in [0.5, 0.6) is 0 Å². The highest BCUT2D eigenvalue weighted by Crippen LogP contribution is 2.39. The molecule has 6 aromatic rings. The fourth-order valence-corrected chi connectivity index (χ4v) is 13.3. The summed E-state index contributed by atoms with van der Waals surface area (Å²) in [5.74, 6) is -0.214. The summed E-state index contributed by atoms with van der Waals surface area (Å²) in [6.45, 7) is 9.13. The molecule has 9 heterocycles. The number of anilines is 5. The molecule has 1 unspecified atom stereocenters. The second-order valence-electron chi connectivity index (χ2n) is 22.4. The Hall–Kier alpha value is -7.65. The number of Topliss-reactive ketones (excluding diaryl/α,β-unsaturated/α-hetero) is 1. The molecular weight excluding hydrogens is 1050 g/mol. The lowest BCUT2D eigenvalue weighted by Gasteiger charge is -2.39. The normalized spacial score (nSPS) is 18.9. The van der Waals surface area contributed by atoms with Crippen LogP contribution in [0.3, 0.4) is 0 Å². The summed E-state index contributed by atoms with van der Waals surface area (Å²) in [5, 5.41) is 12.6. The highest BCUT2D eigenvalue weighted by Gasteiger charge is 2.39. The lowest BCUT2D eigenvalue weighted by atomic mass is 10.0. The smallest absolute Gasteiger partial charge is 0.303 e. The Morgan fingerprint density at radius 2 is 1.09 bits per heavy atom. The van der Waals surface area contributed by atoms with Crippen LogP contribution in [0.2, 0.25) is 5.02 Å². The van der Waals surface area contributed by atoms with Crippen LogP contribution in [-0.2, 0) is 75.5 Å². The van der Waals surface area contributed by atoms with Crippen LogP contribution in [0.25, 0.3) is 0 Å². The summed E-state index contributed by atoms with van der Waals surface area (Å²) >= 11 is 5.99. The molecule has 0 spiro atoms. The first-order chi connectivity index (χ1) is 40.0. The van der Waals surface area contributed by atoms with Crippen molar-refractivity contribution in [2.24, 2.45) is 0 Å². The van der Waals surface area contributed by atoms with E-state index in [2.05, 4.69) is 92.8 Å². The third kappa shape index (κ3) is 12.5. The highest BCUT2D eigenvalue weighted by molar-refractivity contribution is 6.30. The van der Waals surface area contributed by atoms with Gasteiger partial charge >= 0.3 is 5.97 Å². The number of carboxylic acid groups (broad SMARTS) is 1. The van der Waals surface area contributed by atoms with Crippen molar-refractivity contribution in [2.45, 2.75) is 102 Å². The van der Waals surface area contributed by atoms with Gasteiger partial charge in [0.2, 0.25) is 23.6 Å². The van der Waals surface area contributed by atoms with E-state index in [0.29, 0.717) is 37.6 Å². The Labute approximate surface area is 485 Å². The molecule has 2 N–H and O–H groups in total. The fraction of sp³-hybridized carbons (Fsp3) is 0.373. The van der Waals surface area contributed by atoms with E-state index in [-0.39, 0.29) is 36.5 Å². The van der Waals surface area contributed by atoms with E-state index in [0.717, 1.165) is 143 Å². The Morgan fingerprint density at radius 3 is 1.79 bits per heavy atom. The number of fused-ring (bicyclic) bond motifs is 2. The summed E-state index contributed by atoms with van der Waals surface area (Å²) in [5.41, 5.74) is 16.8. The van der Waals surface area contributed by atoms with Crippen molar-refractivity contribution in [1.82, 2.24) is 9.80 Å². The molecule has 1 atom stereocenters. The molecule has 424 valence electrons. The molecule has 1 saturated heterocycles. The molecule has 0 aliphatic carbocycles. The zero-order chi connectivity index (χ0) is 56.7. The number of hydrogen-bond acceptors (Lipinski definition) is 9. The Kier molecular flexibility index (Phi) is 17.6. The number of carboxylic acids is 1. The van der Waals surface area contributed by atoms with Crippen LogP contribution >= 0.6 is 11.6 Å². The molecule has 0 saturated carbocycles. The molecule has 1 fully saturated rings. The molecule has 0 bridgehead atoms. The van der Waals surface area contributed by atoms with Gasteiger partial charge < -0.3 is 30.0 Å². The van der Waals surface area contributed by atoms with Crippen LogP contribution in [0.15, 0.2) is 127 Å². The van der Waals surface area contributed by atoms with Gasteiger partial charge in [-0.2, -0.15) is 0 Å². The average Bonchev–Trinajstić information content (AvgIpc) is 4.47. The minimum Gasteiger partial charge on any atom is -0.481 e. The quantitative estimate of drug-likeness (QED) is 0.165. The van der Waals surface area contributed by atoms with Gasteiger partial charge in [-0.05, 0) is 133 Å². The number of amides is 4. The van der Waals surface area contributed by atoms with E-state index in [1.165, 1.54) is 56.9 Å². The van der Waals surface area contributed by atoms with Gasteiger partial charge in [0.05, 0.1) is 29.5 Å². The lowest BCUT2D eigenvalue weighted by molar-refractivity contribution is -0.138. The maximum absolute atomic E-state index is 13.3. The molecule has 0 radical (unpaired) electrons. The Morgan fingerprint density at radius 1 is 0.512 bits per heavy atom. The number of carbonyl (C=O) groups excluding carboxylic acids is 5. The van der Waals surface area contributed by atoms with E-state index in [9.17, 15) is 28.8 Å². The predicted octanol–water partition coefficient (Wildman–Crippen LogP) is 9.92. The van der Waals surface area contributed by atoms with E-state index in [1.54, 1.807) is 9.80 Å². The van der Waals surface area contributed by atoms with Crippen molar-refractivity contribution in [2.75, 3.05) is 83.8 Å². The van der Waals surface area contributed by atoms with E-state index < -0.39 is 5.97 Å². The van der Waals surface area contributed by atoms with Gasteiger partial charge in [-0.3, -0.25) is 38.6 Å². The molecule has 0 aromatic heterocycles. The van der Waals surface area contributed by atoms with Crippen LogP contribution in [0, 0.1) is 0 Å². The number of piperazine rings is 1. The summed E-state index contributed by atoms with van der Waals surface area (Å²) in [6.07, 6.45) is 10.4. The number of ketones is 1. The molecule has 4 amide bonds. The van der Waals surface area contributed by atoms with E-state index >= 15 is 0 Å². The number of benzene rings is 6. The van der Waals surface area contributed by atoms with Crippen LogP contribution in [0.1, 0.15) is 99.8 Å². The monoisotopic (exact) mass is 1120 g/mol. The zero-order valence-electron chi connectivity index (χ0n) is 46.6. The van der Waals surface area contributed by atoms with Crippen LogP contribution < -0.4 is 24.9 Å². The zero-order valence-corrected chi connectivity index (χ0v) is 47.4. The number of hydrogen-bond donors (Lipinski definition) is 2. The number of halogens is 1. The molecule has 9 aliphatic heterocycles. The highest BCUT2D eigenvalue weighted by atomic mass is 35.5. The van der Waals surface area contributed by atoms with Crippen LogP contribution in [-0.4, -0.2) is 115 Å². The van der Waals surface area contributed by atoms with Gasteiger partial charge in [0.25, 0.3) is 0 Å². The van der Waals surface area contributed by atoms with Gasteiger partial charge in [0, 0.05) is 113 Å². The number of aryl methyl sites for hydroxylation is 2. The average molecular weight is 1120 g/mol. The van der Waals surface area contributed by atoms with Crippen molar-refractivity contribution in [3.63, 3.8) is 0 Å². The van der Waals surface area contributed by atoms with Gasteiger partial charge in [0.15, 0.2) is 5.78 Å². The summed E-state index contributed by atoms with van der Waals surface area (Å²) in [7, 11) is 0. The Balaban J connectivity index is 0.000000113. The standard InChI is InChI=1S/C23H26ClN3O.C12H13NO3.C12H11NO2.C12H13NO.C8H9N/c24-20-7-4-17(5-8-20)16-25-12-14-26(15-13-25)21-9-6-18-2-1-3-19-10-11-27(22(18)19)23(21)28;14-11(5-6-12(15)16)13-8-7-9-3-1-2-4-10(9)13;14-10-4-5-11(15)13-7-6-8-2-1-3-9(10)12(8)13;14-11-6-2-5-9-3-1-4-10-7-8-13(11)12(9)10;1-2-4-8-7(3-1)5-6-9-8/h1-5,7-8,21H,6,9-16H2;1-4H,5-8H2,(H,15,16);1-3H,4-7H2;1,3-4H,2,5-8H2;1-4,9H,5-6H2. The molecule has 82 heavy (non-hydrogen) atoms. The van der Waals surface area contributed by atoms with Crippen molar-refractivity contribution in [3.05, 3.63) is 182 Å². The first kappa shape index (κ1) is 56.2. The molecule has 15 rings (SSSR count). The number of carbonyl (C=O) groups is 6. The van der Waals surface area contributed by atoms with Gasteiger partial charge in [0.1, 0.15) is 0 Å². The lowest BCUT2D eigenvalue weighted by Crippen LogP contribution is -2.55. The topological polar surface area (TPSA) is 154 Å². The SMILES string of the molecule is O=C(O)CCC(=O)N1CCc2ccccc21.O=C1C(N2CCN(Cc3ccc(Cl)cc3)CC2)CCc2cccc3c2N1CC3.O=C1CCC(=O)N2CCc3cccc1c32.O=C1CCCc2cccc3c2N1CC3.c1ccc2c(c1)CCN2. The number of para-hydroxylation sites is 5. The first-order valence-electron chi connectivity index (χ1n) is 29.4. The molecule has 15 heteroatoms.